The fraction of sp³-hybridized carbons (Fsp3) is 0.227. The number of nitrogens with zero attached hydrogens (tertiary/aromatic N) is 1. The number of carbonyl (C=O) groups is 2. The van der Waals surface area contributed by atoms with Crippen molar-refractivity contribution < 1.29 is 19.1 Å². The van der Waals surface area contributed by atoms with Crippen LogP contribution in [0.1, 0.15) is 29.9 Å². The Labute approximate surface area is 173 Å². The molecule has 0 aliphatic heterocycles. The maximum Gasteiger partial charge on any atom is 0.338 e. The van der Waals surface area contributed by atoms with E-state index >= 15 is 0 Å². The van der Waals surface area contributed by atoms with Gasteiger partial charge in [-0.05, 0) is 44.2 Å². The first kappa shape index (κ1) is 20.5. The van der Waals surface area contributed by atoms with Crippen molar-refractivity contribution in [2.24, 2.45) is 0 Å². The lowest BCUT2D eigenvalue weighted by molar-refractivity contribution is -0.115. The molecule has 0 saturated carbocycles. The third kappa shape index (κ3) is 5.42. The van der Waals surface area contributed by atoms with E-state index in [1.807, 2.05) is 36.6 Å². The third-order valence-electron chi connectivity index (χ3n) is 3.97. The fourth-order valence-electron chi connectivity index (χ4n) is 2.74. The summed E-state index contributed by atoms with van der Waals surface area (Å²) >= 11 is 1.47. The summed E-state index contributed by atoms with van der Waals surface area (Å²) in [4.78, 5) is 28.8. The molecule has 1 heterocycles. The van der Waals surface area contributed by atoms with E-state index in [9.17, 15) is 9.59 Å². The van der Waals surface area contributed by atoms with Crippen molar-refractivity contribution in [3.63, 3.8) is 0 Å². The predicted octanol–water partition coefficient (Wildman–Crippen LogP) is 4.57. The molecule has 7 heteroatoms. The lowest BCUT2D eigenvalue weighted by Gasteiger charge is -2.07. The minimum atomic E-state index is -0.416. The molecule has 0 spiro atoms. The Balaban J connectivity index is 1.67. The summed E-state index contributed by atoms with van der Waals surface area (Å²) in [5.74, 6) is 0.151. The summed E-state index contributed by atoms with van der Waals surface area (Å²) in [6.07, 6.45) is 0.136. The zero-order valence-electron chi connectivity index (χ0n) is 16.3. The molecule has 0 radical (unpaired) electrons. The summed E-state index contributed by atoms with van der Waals surface area (Å²) in [5, 5.41) is 5.48. The molecule has 150 valence electrons. The molecule has 0 aliphatic carbocycles. The van der Waals surface area contributed by atoms with Crippen molar-refractivity contribution in [3.05, 3.63) is 65.2 Å². The average Bonchev–Trinajstić information content (AvgIpc) is 3.17. The van der Waals surface area contributed by atoms with Crippen molar-refractivity contribution in [1.29, 1.82) is 0 Å². The van der Waals surface area contributed by atoms with Crippen LogP contribution < -0.4 is 10.1 Å². The van der Waals surface area contributed by atoms with Gasteiger partial charge in [-0.15, -0.1) is 11.3 Å². The van der Waals surface area contributed by atoms with Crippen LogP contribution in [0.4, 0.5) is 5.69 Å². The Morgan fingerprint density at radius 1 is 1.07 bits per heavy atom. The number of thiazole rings is 1. The molecular formula is C22H22N2O4S. The van der Waals surface area contributed by atoms with Crippen LogP contribution in [0.25, 0.3) is 10.6 Å². The number of rotatable bonds is 8. The third-order valence-corrected chi connectivity index (χ3v) is 4.89. The van der Waals surface area contributed by atoms with Gasteiger partial charge in [-0.2, -0.15) is 0 Å². The van der Waals surface area contributed by atoms with Gasteiger partial charge in [-0.1, -0.05) is 18.2 Å². The molecule has 0 bridgehead atoms. The minimum Gasteiger partial charge on any atom is -0.493 e. The maximum absolute atomic E-state index is 12.4. The second kappa shape index (κ2) is 9.84. The Hall–Kier alpha value is -3.19. The first-order valence-corrected chi connectivity index (χ1v) is 10.2. The molecular weight excluding hydrogens is 388 g/mol. The Bertz CT molecular complexity index is 1000. The van der Waals surface area contributed by atoms with E-state index in [2.05, 4.69) is 10.3 Å². The number of para-hydroxylation sites is 1. The summed E-state index contributed by atoms with van der Waals surface area (Å²) in [6, 6.07) is 14.4. The van der Waals surface area contributed by atoms with Gasteiger partial charge >= 0.3 is 5.97 Å². The molecule has 3 rings (SSSR count). The topological polar surface area (TPSA) is 77.5 Å². The lowest BCUT2D eigenvalue weighted by atomic mass is 10.2. The van der Waals surface area contributed by atoms with Gasteiger partial charge in [0.25, 0.3) is 0 Å². The second-order valence-electron chi connectivity index (χ2n) is 6.10. The van der Waals surface area contributed by atoms with Crippen molar-refractivity contribution in [2.45, 2.75) is 20.3 Å². The molecule has 1 N–H and O–H groups in total. The smallest absolute Gasteiger partial charge is 0.338 e. The number of ether oxygens (including phenoxy) is 2. The van der Waals surface area contributed by atoms with Crippen LogP contribution in [-0.4, -0.2) is 30.1 Å². The summed E-state index contributed by atoms with van der Waals surface area (Å²) in [6.45, 7) is 4.56. The van der Waals surface area contributed by atoms with Gasteiger partial charge in [0, 0.05) is 11.1 Å². The molecule has 0 fully saturated rings. The predicted molar refractivity (Wildman–Crippen MR) is 113 cm³/mol. The van der Waals surface area contributed by atoms with Crippen molar-refractivity contribution in [2.75, 3.05) is 18.5 Å². The highest BCUT2D eigenvalue weighted by Gasteiger charge is 2.13. The van der Waals surface area contributed by atoms with Crippen molar-refractivity contribution in [3.8, 4) is 16.3 Å². The molecule has 29 heavy (non-hydrogen) atoms. The van der Waals surface area contributed by atoms with Crippen LogP contribution in [0.3, 0.4) is 0 Å². The number of esters is 1. The molecule has 6 nitrogen and oxygen atoms in total. The van der Waals surface area contributed by atoms with Crippen LogP contribution >= 0.6 is 11.3 Å². The zero-order valence-corrected chi connectivity index (χ0v) is 17.1. The summed E-state index contributed by atoms with van der Waals surface area (Å²) < 4.78 is 10.6. The SMILES string of the molecule is CCOC(=O)c1cccc(NC(=O)Cc2csc(-c3ccccc3OCC)n2)c1. The van der Waals surface area contributed by atoms with Crippen LogP contribution in [0.15, 0.2) is 53.9 Å². The Morgan fingerprint density at radius 2 is 1.90 bits per heavy atom. The number of hydrogen-bond acceptors (Lipinski definition) is 6. The number of benzene rings is 2. The van der Waals surface area contributed by atoms with Crippen LogP contribution in [-0.2, 0) is 16.0 Å². The van der Waals surface area contributed by atoms with Gasteiger partial charge in [0.15, 0.2) is 0 Å². The molecule has 0 atom stereocenters. The number of aromatic nitrogens is 1. The molecule has 3 aromatic rings. The highest BCUT2D eigenvalue weighted by atomic mass is 32.1. The van der Waals surface area contributed by atoms with E-state index in [0.717, 1.165) is 16.3 Å². The van der Waals surface area contributed by atoms with E-state index in [0.29, 0.717) is 30.2 Å². The molecule has 1 aromatic heterocycles. The quantitative estimate of drug-likeness (QED) is 0.551. The van der Waals surface area contributed by atoms with E-state index in [1.54, 1.807) is 31.2 Å². The van der Waals surface area contributed by atoms with Gasteiger partial charge in [0.05, 0.1) is 36.5 Å². The molecule has 0 saturated heterocycles. The maximum atomic E-state index is 12.4. The summed E-state index contributed by atoms with van der Waals surface area (Å²) in [7, 11) is 0. The Kier molecular flexibility index (Phi) is 6.97. The van der Waals surface area contributed by atoms with Crippen LogP contribution in [0, 0.1) is 0 Å². The first-order valence-electron chi connectivity index (χ1n) is 9.34. The molecule has 0 aliphatic rings. The summed E-state index contributed by atoms with van der Waals surface area (Å²) in [5.41, 5.74) is 2.52. The van der Waals surface area contributed by atoms with Gasteiger partial charge in [0.1, 0.15) is 10.8 Å². The standard InChI is InChI=1S/C22H22N2O4S/c1-3-27-19-11-6-5-10-18(19)21-24-17(14-29-21)13-20(25)23-16-9-7-8-15(12-16)22(26)28-4-2/h5-12,14H,3-4,13H2,1-2H3,(H,23,25). The van der Waals surface area contributed by atoms with Crippen LogP contribution in [0.2, 0.25) is 0 Å². The van der Waals surface area contributed by atoms with E-state index in [1.165, 1.54) is 11.3 Å². The fourth-order valence-corrected chi connectivity index (χ4v) is 3.59. The molecule has 1 amide bonds. The van der Waals surface area contributed by atoms with E-state index in [4.69, 9.17) is 9.47 Å². The Morgan fingerprint density at radius 3 is 2.69 bits per heavy atom. The van der Waals surface area contributed by atoms with Gasteiger partial charge in [0.2, 0.25) is 5.91 Å². The van der Waals surface area contributed by atoms with Crippen molar-refractivity contribution in [1.82, 2.24) is 4.98 Å². The largest absolute Gasteiger partial charge is 0.493 e. The highest BCUT2D eigenvalue weighted by molar-refractivity contribution is 7.13. The van der Waals surface area contributed by atoms with Gasteiger partial charge < -0.3 is 14.8 Å². The highest BCUT2D eigenvalue weighted by Crippen LogP contribution is 2.32. The number of carbonyl (C=O) groups excluding carboxylic acids is 2. The van der Waals surface area contributed by atoms with Crippen molar-refractivity contribution >= 4 is 28.9 Å². The number of amides is 1. The van der Waals surface area contributed by atoms with E-state index in [-0.39, 0.29) is 12.3 Å². The van der Waals surface area contributed by atoms with E-state index < -0.39 is 5.97 Å². The second-order valence-corrected chi connectivity index (χ2v) is 6.96. The first-order chi connectivity index (χ1) is 14.1. The molecule has 2 aromatic carbocycles. The monoisotopic (exact) mass is 410 g/mol. The zero-order chi connectivity index (χ0) is 20.6. The number of hydrogen-bond donors (Lipinski definition) is 1. The van der Waals surface area contributed by atoms with Gasteiger partial charge in [-0.3, -0.25) is 4.79 Å². The molecule has 0 unspecified atom stereocenters. The minimum absolute atomic E-state index is 0.136. The van der Waals surface area contributed by atoms with Gasteiger partial charge in [-0.25, -0.2) is 9.78 Å². The number of anilines is 1. The average molecular weight is 410 g/mol. The normalized spacial score (nSPS) is 10.4. The lowest BCUT2D eigenvalue weighted by Crippen LogP contribution is -2.15. The van der Waals surface area contributed by atoms with Crippen LogP contribution in [0.5, 0.6) is 5.75 Å². The number of nitrogens with one attached hydrogen (secondary N) is 1.